The van der Waals surface area contributed by atoms with Crippen molar-refractivity contribution in [2.75, 3.05) is 6.61 Å². The molecule has 0 fully saturated rings. The van der Waals surface area contributed by atoms with Crippen LogP contribution in [0.5, 0.6) is 0 Å². The quantitative estimate of drug-likeness (QED) is 0.359. The van der Waals surface area contributed by atoms with Gasteiger partial charge in [0.15, 0.2) is 0 Å². The minimum atomic E-state index is -2.29. The van der Waals surface area contributed by atoms with E-state index in [2.05, 4.69) is 0 Å². The van der Waals surface area contributed by atoms with Gasteiger partial charge in [-0.2, -0.15) is 0 Å². The lowest BCUT2D eigenvalue weighted by molar-refractivity contribution is -0.536. The zero-order valence-electron chi connectivity index (χ0n) is 11.7. The fourth-order valence-electron chi connectivity index (χ4n) is 2.55. The third kappa shape index (κ3) is 2.03. The standard InChI is InChI=1S/C15H15NO5/c1-3-21-9-8-10(2)15(16(19)20)13(17)11-6-4-5-7-12(11)14(15)18/h4-10H,3H2,1-2H3/b9-8+. The number of rotatable bonds is 5. The van der Waals surface area contributed by atoms with Crippen LogP contribution in [0.25, 0.3) is 0 Å². The summed E-state index contributed by atoms with van der Waals surface area (Å²) in [6.07, 6.45) is 2.67. The van der Waals surface area contributed by atoms with Gasteiger partial charge in [-0.15, -0.1) is 0 Å². The van der Waals surface area contributed by atoms with Gasteiger partial charge >= 0.3 is 5.54 Å². The monoisotopic (exact) mass is 289 g/mol. The van der Waals surface area contributed by atoms with E-state index in [0.29, 0.717) is 6.61 Å². The van der Waals surface area contributed by atoms with Gasteiger partial charge in [0, 0.05) is 16.1 Å². The second-order valence-corrected chi connectivity index (χ2v) is 4.80. The Morgan fingerprint density at radius 1 is 1.29 bits per heavy atom. The summed E-state index contributed by atoms with van der Waals surface area (Å²) in [6.45, 7) is 3.64. The molecule has 1 aromatic rings. The molecule has 0 heterocycles. The van der Waals surface area contributed by atoms with Crippen LogP contribution in [0.2, 0.25) is 0 Å². The van der Waals surface area contributed by atoms with Crippen LogP contribution in [0, 0.1) is 16.0 Å². The minimum absolute atomic E-state index is 0.107. The SMILES string of the molecule is CCO/C=C/C(C)C1([N+](=O)[O-])C(=O)c2ccccc2C1=O. The van der Waals surface area contributed by atoms with Crippen molar-refractivity contribution in [3.05, 3.63) is 57.8 Å². The molecule has 1 unspecified atom stereocenters. The van der Waals surface area contributed by atoms with E-state index in [1.54, 1.807) is 19.1 Å². The predicted octanol–water partition coefficient (Wildman–Crippen LogP) is 2.27. The number of nitrogens with zero attached hydrogens (tertiary/aromatic N) is 1. The van der Waals surface area contributed by atoms with Crippen molar-refractivity contribution in [3.8, 4) is 0 Å². The van der Waals surface area contributed by atoms with Gasteiger partial charge in [-0.25, -0.2) is 0 Å². The summed E-state index contributed by atoms with van der Waals surface area (Å²) >= 11 is 0. The topological polar surface area (TPSA) is 86.5 Å². The zero-order chi connectivity index (χ0) is 15.6. The van der Waals surface area contributed by atoms with E-state index >= 15 is 0 Å². The first-order valence-electron chi connectivity index (χ1n) is 6.59. The van der Waals surface area contributed by atoms with Crippen LogP contribution in [0.1, 0.15) is 34.6 Å². The Balaban J connectivity index is 2.53. The van der Waals surface area contributed by atoms with Gasteiger partial charge in [0.2, 0.25) is 11.6 Å². The van der Waals surface area contributed by atoms with E-state index < -0.39 is 27.9 Å². The van der Waals surface area contributed by atoms with Crippen molar-refractivity contribution in [1.82, 2.24) is 0 Å². The molecule has 21 heavy (non-hydrogen) atoms. The van der Waals surface area contributed by atoms with E-state index in [9.17, 15) is 19.7 Å². The summed E-state index contributed by atoms with van der Waals surface area (Å²) < 4.78 is 5.01. The number of hydrogen-bond donors (Lipinski definition) is 0. The average Bonchev–Trinajstić information content (AvgIpc) is 2.69. The number of ether oxygens (including phenoxy) is 1. The lowest BCUT2D eigenvalue weighted by Crippen LogP contribution is -2.53. The molecule has 0 radical (unpaired) electrons. The fraction of sp³-hybridized carbons (Fsp3) is 0.333. The van der Waals surface area contributed by atoms with E-state index in [4.69, 9.17) is 4.74 Å². The highest BCUT2D eigenvalue weighted by molar-refractivity contribution is 6.32. The van der Waals surface area contributed by atoms with Crippen molar-refractivity contribution < 1.29 is 19.2 Å². The van der Waals surface area contributed by atoms with Crippen molar-refractivity contribution in [3.63, 3.8) is 0 Å². The molecule has 6 nitrogen and oxygen atoms in total. The Kier molecular flexibility index (Phi) is 3.88. The Bertz CT molecular complexity index is 600. The molecule has 0 bridgehead atoms. The Morgan fingerprint density at radius 3 is 2.24 bits per heavy atom. The molecule has 1 aliphatic rings. The van der Waals surface area contributed by atoms with Gasteiger partial charge in [0.05, 0.1) is 18.8 Å². The van der Waals surface area contributed by atoms with Crippen molar-refractivity contribution in [2.24, 2.45) is 5.92 Å². The molecular weight excluding hydrogens is 274 g/mol. The summed E-state index contributed by atoms with van der Waals surface area (Å²) in [4.78, 5) is 35.8. The summed E-state index contributed by atoms with van der Waals surface area (Å²) in [7, 11) is 0. The maximum Gasteiger partial charge on any atom is 0.351 e. The van der Waals surface area contributed by atoms with Gasteiger partial charge in [-0.05, 0) is 13.0 Å². The summed E-state index contributed by atoms with van der Waals surface area (Å²) in [5.41, 5.74) is -2.08. The molecule has 1 atom stereocenters. The number of carbonyl (C=O) groups is 2. The van der Waals surface area contributed by atoms with Crippen molar-refractivity contribution in [1.29, 1.82) is 0 Å². The Hall–Kier alpha value is -2.50. The first-order valence-corrected chi connectivity index (χ1v) is 6.59. The summed E-state index contributed by atoms with van der Waals surface area (Å²) in [5.74, 6) is -2.44. The van der Waals surface area contributed by atoms with Crippen LogP contribution in [-0.2, 0) is 4.74 Å². The molecule has 0 aromatic heterocycles. The maximum atomic E-state index is 12.5. The number of nitro groups is 1. The third-order valence-electron chi connectivity index (χ3n) is 3.69. The van der Waals surface area contributed by atoms with Crippen LogP contribution >= 0.6 is 0 Å². The van der Waals surface area contributed by atoms with Crippen molar-refractivity contribution in [2.45, 2.75) is 19.4 Å². The molecule has 0 amide bonds. The van der Waals surface area contributed by atoms with Crippen molar-refractivity contribution >= 4 is 11.6 Å². The number of benzene rings is 1. The second kappa shape index (κ2) is 5.47. The molecule has 0 spiro atoms. The highest BCUT2D eigenvalue weighted by Gasteiger charge is 2.66. The van der Waals surface area contributed by atoms with Gasteiger partial charge in [-0.1, -0.05) is 31.2 Å². The summed E-state index contributed by atoms with van der Waals surface area (Å²) in [6, 6.07) is 6.06. The summed E-state index contributed by atoms with van der Waals surface area (Å²) in [5, 5.41) is 11.6. The van der Waals surface area contributed by atoms with Gasteiger partial charge in [-0.3, -0.25) is 19.7 Å². The number of ketones is 2. The van der Waals surface area contributed by atoms with Crippen LogP contribution in [0.3, 0.4) is 0 Å². The Labute approximate surface area is 121 Å². The number of fused-ring (bicyclic) bond motifs is 1. The highest BCUT2D eigenvalue weighted by atomic mass is 16.6. The van der Waals surface area contributed by atoms with E-state index in [1.165, 1.54) is 31.4 Å². The second-order valence-electron chi connectivity index (χ2n) is 4.80. The number of carbonyl (C=O) groups excluding carboxylic acids is 2. The molecule has 1 aromatic carbocycles. The molecular formula is C15H15NO5. The van der Waals surface area contributed by atoms with E-state index in [1.807, 2.05) is 0 Å². The van der Waals surface area contributed by atoms with Crippen LogP contribution < -0.4 is 0 Å². The van der Waals surface area contributed by atoms with Gasteiger partial charge < -0.3 is 4.74 Å². The third-order valence-corrected chi connectivity index (χ3v) is 3.69. The minimum Gasteiger partial charge on any atom is -0.502 e. The molecule has 110 valence electrons. The first kappa shape index (κ1) is 14.9. The largest absolute Gasteiger partial charge is 0.502 e. The molecule has 0 aliphatic heterocycles. The first-order chi connectivity index (χ1) is 9.97. The number of Topliss-reactive ketones (excluding diaryl/α,β-unsaturated/α-hetero) is 2. The highest BCUT2D eigenvalue weighted by Crippen LogP contribution is 2.38. The maximum absolute atomic E-state index is 12.5. The van der Waals surface area contributed by atoms with Crippen LogP contribution in [0.15, 0.2) is 36.6 Å². The molecule has 0 saturated heterocycles. The van der Waals surface area contributed by atoms with Crippen LogP contribution in [0.4, 0.5) is 0 Å². The fourth-order valence-corrected chi connectivity index (χ4v) is 2.55. The lowest BCUT2D eigenvalue weighted by Gasteiger charge is -2.21. The van der Waals surface area contributed by atoms with E-state index in [-0.39, 0.29) is 11.1 Å². The molecule has 1 aliphatic carbocycles. The zero-order valence-corrected chi connectivity index (χ0v) is 11.7. The smallest absolute Gasteiger partial charge is 0.351 e. The molecule has 0 saturated carbocycles. The normalized spacial score (nSPS) is 17.8. The average molecular weight is 289 g/mol. The number of hydrogen-bond acceptors (Lipinski definition) is 5. The molecule has 0 N–H and O–H groups in total. The molecule has 6 heteroatoms. The predicted molar refractivity (Wildman–Crippen MR) is 74.8 cm³/mol. The lowest BCUT2D eigenvalue weighted by atomic mass is 9.81. The van der Waals surface area contributed by atoms with Crippen LogP contribution in [-0.4, -0.2) is 28.6 Å². The van der Waals surface area contributed by atoms with E-state index in [0.717, 1.165) is 0 Å². The van der Waals surface area contributed by atoms with Gasteiger partial charge in [0.25, 0.3) is 0 Å². The molecule has 2 rings (SSSR count). The van der Waals surface area contributed by atoms with Gasteiger partial charge in [0.1, 0.15) is 0 Å². The Morgan fingerprint density at radius 2 is 1.81 bits per heavy atom.